The van der Waals surface area contributed by atoms with Crippen molar-refractivity contribution in [3.05, 3.63) is 35.9 Å². The molecule has 1 aromatic carbocycles. The van der Waals surface area contributed by atoms with Gasteiger partial charge in [0.15, 0.2) is 0 Å². The van der Waals surface area contributed by atoms with Gasteiger partial charge in [0.25, 0.3) is 0 Å². The highest BCUT2D eigenvalue weighted by Crippen LogP contribution is 2.15. The van der Waals surface area contributed by atoms with E-state index in [0.29, 0.717) is 6.54 Å². The van der Waals surface area contributed by atoms with Crippen LogP contribution in [0.3, 0.4) is 0 Å². The molecule has 1 saturated heterocycles. The van der Waals surface area contributed by atoms with Crippen LogP contribution >= 0.6 is 0 Å². The summed E-state index contributed by atoms with van der Waals surface area (Å²) >= 11 is 0. The average molecular weight is 246 g/mol. The molecule has 0 radical (unpaired) electrons. The molecule has 2 rings (SSSR count). The lowest BCUT2D eigenvalue weighted by Gasteiger charge is -2.35. The van der Waals surface area contributed by atoms with E-state index in [-0.39, 0.29) is 5.91 Å². The number of hydrogen-bond donors (Lipinski definition) is 1. The van der Waals surface area contributed by atoms with Crippen LogP contribution in [0.5, 0.6) is 0 Å². The normalized spacial score (nSPS) is 20.3. The highest BCUT2D eigenvalue weighted by Gasteiger charge is 2.32. The lowest BCUT2D eigenvalue weighted by Crippen LogP contribution is -2.55. The first-order valence-corrected chi connectivity index (χ1v) is 6.68. The lowest BCUT2D eigenvalue weighted by molar-refractivity contribution is -0.138. The molecule has 0 aromatic heterocycles. The Hall–Kier alpha value is -1.35. The molecule has 1 N–H and O–H groups in total. The van der Waals surface area contributed by atoms with Gasteiger partial charge in [-0.3, -0.25) is 4.79 Å². The van der Waals surface area contributed by atoms with E-state index in [1.807, 2.05) is 36.9 Å². The maximum Gasteiger partial charge on any atom is 0.242 e. The van der Waals surface area contributed by atoms with Crippen molar-refractivity contribution in [2.75, 3.05) is 13.1 Å². The summed E-state index contributed by atoms with van der Waals surface area (Å²) in [6, 6.07) is 10.2. The molecular weight excluding hydrogens is 224 g/mol. The Morgan fingerprint density at radius 1 is 1.22 bits per heavy atom. The van der Waals surface area contributed by atoms with Gasteiger partial charge >= 0.3 is 0 Å². The molecule has 0 atom stereocenters. The Labute approximate surface area is 109 Å². The Bertz CT molecular complexity index is 400. The fraction of sp³-hybridized carbons (Fsp3) is 0.533. The zero-order chi connectivity index (χ0) is 13.0. The SMILES string of the molecule is CC1(C)NCCCCN(Cc2ccccc2)C1=O. The van der Waals surface area contributed by atoms with Crippen molar-refractivity contribution in [2.24, 2.45) is 0 Å². The molecule has 1 aromatic rings. The highest BCUT2D eigenvalue weighted by molar-refractivity contribution is 5.85. The molecule has 0 saturated carbocycles. The molecule has 1 aliphatic heterocycles. The van der Waals surface area contributed by atoms with Crippen LogP contribution in [-0.2, 0) is 11.3 Å². The van der Waals surface area contributed by atoms with E-state index in [2.05, 4.69) is 17.4 Å². The van der Waals surface area contributed by atoms with Crippen molar-refractivity contribution >= 4 is 5.91 Å². The van der Waals surface area contributed by atoms with Crippen molar-refractivity contribution < 1.29 is 4.79 Å². The maximum atomic E-state index is 12.5. The quantitative estimate of drug-likeness (QED) is 0.867. The fourth-order valence-electron chi connectivity index (χ4n) is 2.36. The molecule has 3 heteroatoms. The Morgan fingerprint density at radius 2 is 1.94 bits per heavy atom. The molecule has 3 nitrogen and oxygen atoms in total. The summed E-state index contributed by atoms with van der Waals surface area (Å²) in [4.78, 5) is 14.5. The Morgan fingerprint density at radius 3 is 2.67 bits per heavy atom. The standard InChI is InChI=1S/C15H22N2O/c1-15(2)14(18)17(11-7-6-10-16-15)12-13-8-4-3-5-9-13/h3-5,8-9,16H,6-7,10-12H2,1-2H3. The van der Waals surface area contributed by atoms with Crippen LogP contribution < -0.4 is 5.32 Å². The summed E-state index contributed by atoms with van der Waals surface area (Å²) in [6.45, 7) is 6.44. The zero-order valence-electron chi connectivity index (χ0n) is 11.3. The Kier molecular flexibility index (Phi) is 4.02. The molecule has 0 aliphatic carbocycles. The van der Waals surface area contributed by atoms with E-state index >= 15 is 0 Å². The van der Waals surface area contributed by atoms with Crippen molar-refractivity contribution in [1.29, 1.82) is 0 Å². The van der Waals surface area contributed by atoms with Gasteiger partial charge in [0.1, 0.15) is 0 Å². The fourth-order valence-corrected chi connectivity index (χ4v) is 2.36. The van der Waals surface area contributed by atoms with E-state index in [4.69, 9.17) is 0 Å². The van der Waals surface area contributed by atoms with Gasteiger partial charge in [0.05, 0.1) is 5.54 Å². The minimum Gasteiger partial charge on any atom is -0.337 e. The summed E-state index contributed by atoms with van der Waals surface area (Å²) in [5.74, 6) is 0.200. The minimum atomic E-state index is -0.449. The average Bonchev–Trinajstić information content (AvgIpc) is 2.36. The second kappa shape index (κ2) is 5.53. The van der Waals surface area contributed by atoms with Gasteiger partial charge in [-0.05, 0) is 38.8 Å². The number of hydrogen-bond acceptors (Lipinski definition) is 2. The summed E-state index contributed by atoms with van der Waals surface area (Å²) in [5.41, 5.74) is 0.747. The molecule has 0 spiro atoms. The van der Waals surface area contributed by atoms with Gasteiger partial charge in [-0.25, -0.2) is 0 Å². The van der Waals surface area contributed by atoms with Gasteiger partial charge in [-0.2, -0.15) is 0 Å². The van der Waals surface area contributed by atoms with E-state index in [1.165, 1.54) is 5.56 Å². The Balaban J connectivity index is 2.11. The molecular formula is C15H22N2O. The van der Waals surface area contributed by atoms with Gasteiger partial charge in [0, 0.05) is 13.1 Å². The van der Waals surface area contributed by atoms with Gasteiger partial charge in [-0.1, -0.05) is 30.3 Å². The number of rotatable bonds is 2. The van der Waals surface area contributed by atoms with Gasteiger partial charge < -0.3 is 10.2 Å². The largest absolute Gasteiger partial charge is 0.337 e. The predicted molar refractivity (Wildman–Crippen MR) is 73.2 cm³/mol. The molecule has 1 amide bonds. The van der Waals surface area contributed by atoms with Gasteiger partial charge in [0.2, 0.25) is 5.91 Å². The molecule has 1 heterocycles. The molecule has 0 unspecified atom stereocenters. The number of nitrogens with one attached hydrogen (secondary N) is 1. The van der Waals surface area contributed by atoms with Crippen LogP contribution in [0, 0.1) is 0 Å². The second-order valence-corrected chi connectivity index (χ2v) is 5.47. The van der Waals surface area contributed by atoms with Crippen molar-refractivity contribution in [3.8, 4) is 0 Å². The van der Waals surface area contributed by atoms with Crippen molar-refractivity contribution in [3.63, 3.8) is 0 Å². The zero-order valence-corrected chi connectivity index (χ0v) is 11.3. The third-order valence-corrected chi connectivity index (χ3v) is 3.46. The molecule has 1 fully saturated rings. The smallest absolute Gasteiger partial charge is 0.242 e. The number of carbonyl (C=O) groups excluding carboxylic acids is 1. The van der Waals surface area contributed by atoms with E-state index in [9.17, 15) is 4.79 Å². The van der Waals surface area contributed by atoms with E-state index in [1.54, 1.807) is 0 Å². The first-order chi connectivity index (χ1) is 8.59. The third kappa shape index (κ3) is 3.10. The van der Waals surface area contributed by atoms with E-state index < -0.39 is 5.54 Å². The number of benzene rings is 1. The highest BCUT2D eigenvalue weighted by atomic mass is 16.2. The minimum absolute atomic E-state index is 0.200. The summed E-state index contributed by atoms with van der Waals surface area (Å²) in [6.07, 6.45) is 2.20. The number of carbonyl (C=O) groups is 1. The van der Waals surface area contributed by atoms with Crippen molar-refractivity contribution in [2.45, 2.75) is 38.8 Å². The first kappa shape index (κ1) is 13.1. The molecule has 18 heavy (non-hydrogen) atoms. The van der Waals surface area contributed by atoms with Gasteiger partial charge in [-0.15, -0.1) is 0 Å². The molecule has 1 aliphatic rings. The van der Waals surface area contributed by atoms with Crippen LogP contribution in [0.25, 0.3) is 0 Å². The topological polar surface area (TPSA) is 32.3 Å². The van der Waals surface area contributed by atoms with Crippen molar-refractivity contribution in [1.82, 2.24) is 10.2 Å². The van der Waals surface area contributed by atoms with Crippen LogP contribution in [0.15, 0.2) is 30.3 Å². The second-order valence-electron chi connectivity index (χ2n) is 5.47. The monoisotopic (exact) mass is 246 g/mol. The number of amides is 1. The van der Waals surface area contributed by atoms with Crippen LogP contribution in [0.4, 0.5) is 0 Å². The third-order valence-electron chi connectivity index (χ3n) is 3.46. The molecule has 0 bridgehead atoms. The van der Waals surface area contributed by atoms with Crippen LogP contribution in [0.1, 0.15) is 32.3 Å². The summed E-state index contributed by atoms with van der Waals surface area (Å²) in [7, 11) is 0. The maximum absolute atomic E-state index is 12.5. The molecule has 98 valence electrons. The number of nitrogens with zero attached hydrogens (tertiary/aromatic N) is 1. The predicted octanol–water partition coefficient (Wildman–Crippen LogP) is 2.18. The summed E-state index contributed by atoms with van der Waals surface area (Å²) < 4.78 is 0. The first-order valence-electron chi connectivity index (χ1n) is 6.68. The lowest BCUT2D eigenvalue weighted by atomic mass is 10.0. The van der Waals surface area contributed by atoms with Crippen LogP contribution in [-0.4, -0.2) is 29.4 Å². The van der Waals surface area contributed by atoms with Crippen LogP contribution in [0.2, 0.25) is 0 Å². The summed E-state index contributed by atoms with van der Waals surface area (Å²) in [5, 5.41) is 3.34. The van der Waals surface area contributed by atoms with E-state index in [0.717, 1.165) is 25.9 Å².